The maximum Gasteiger partial charge on any atom is 0.374 e. The second-order valence-corrected chi connectivity index (χ2v) is 5.09. The summed E-state index contributed by atoms with van der Waals surface area (Å²) < 4.78 is 5.04. The number of aromatic carboxylic acids is 1. The molecule has 0 spiro atoms. The first-order chi connectivity index (χ1) is 10.1. The summed E-state index contributed by atoms with van der Waals surface area (Å²) in [5, 5.41) is 8.91. The Morgan fingerprint density at radius 2 is 1.95 bits per heavy atom. The molecular formula is C13H16N4O4. The van der Waals surface area contributed by atoms with Crippen molar-refractivity contribution in [3.05, 3.63) is 18.1 Å². The van der Waals surface area contributed by atoms with Gasteiger partial charge in [-0.1, -0.05) is 0 Å². The molecule has 3 heterocycles. The van der Waals surface area contributed by atoms with Crippen LogP contribution in [-0.4, -0.2) is 71.2 Å². The zero-order chi connectivity index (χ0) is 14.8. The van der Waals surface area contributed by atoms with E-state index in [9.17, 15) is 9.59 Å². The molecule has 1 amide bonds. The van der Waals surface area contributed by atoms with E-state index >= 15 is 0 Å². The fourth-order valence-corrected chi connectivity index (χ4v) is 2.42. The van der Waals surface area contributed by atoms with Crippen LogP contribution in [0.5, 0.6) is 0 Å². The molecule has 2 fully saturated rings. The van der Waals surface area contributed by atoms with Crippen LogP contribution in [0.1, 0.15) is 10.6 Å². The Morgan fingerprint density at radius 1 is 1.24 bits per heavy atom. The first-order valence-corrected chi connectivity index (χ1v) is 6.83. The van der Waals surface area contributed by atoms with Gasteiger partial charge in [-0.2, -0.15) is 0 Å². The van der Waals surface area contributed by atoms with E-state index in [1.165, 1.54) is 6.20 Å². The number of hydrogen-bond donors (Lipinski definition) is 1. The summed E-state index contributed by atoms with van der Waals surface area (Å²) in [6, 6.07) is 1.68. The van der Waals surface area contributed by atoms with Gasteiger partial charge in [-0.25, -0.2) is 14.8 Å². The van der Waals surface area contributed by atoms with Gasteiger partial charge in [0.05, 0.1) is 19.1 Å². The van der Waals surface area contributed by atoms with Gasteiger partial charge in [-0.15, -0.1) is 0 Å². The van der Waals surface area contributed by atoms with Gasteiger partial charge in [0.1, 0.15) is 5.82 Å². The van der Waals surface area contributed by atoms with Gasteiger partial charge in [-0.05, 0) is 6.07 Å². The molecule has 8 nitrogen and oxygen atoms in total. The number of piperazine rings is 1. The number of carbonyl (C=O) groups excluding carboxylic acids is 1. The molecule has 112 valence electrons. The average Bonchev–Trinajstić information content (AvgIpc) is 2.46. The molecule has 0 aromatic carbocycles. The summed E-state index contributed by atoms with van der Waals surface area (Å²) >= 11 is 0. The lowest BCUT2D eigenvalue weighted by Crippen LogP contribution is -2.53. The summed E-state index contributed by atoms with van der Waals surface area (Å²) in [7, 11) is 0. The number of rotatable bonds is 3. The Hall–Kier alpha value is -2.22. The minimum absolute atomic E-state index is 0.00853. The monoisotopic (exact) mass is 292 g/mol. The van der Waals surface area contributed by atoms with E-state index in [0.29, 0.717) is 45.2 Å². The largest absolute Gasteiger partial charge is 0.475 e. The van der Waals surface area contributed by atoms with Crippen LogP contribution in [0.4, 0.5) is 5.82 Å². The van der Waals surface area contributed by atoms with Crippen molar-refractivity contribution >= 4 is 17.7 Å². The molecule has 2 aliphatic rings. The number of hydrogen-bond acceptors (Lipinski definition) is 6. The first-order valence-electron chi connectivity index (χ1n) is 6.83. The van der Waals surface area contributed by atoms with Crippen LogP contribution in [0.2, 0.25) is 0 Å². The van der Waals surface area contributed by atoms with E-state index < -0.39 is 5.97 Å². The molecule has 1 aromatic rings. The summed E-state index contributed by atoms with van der Waals surface area (Å²) in [4.78, 5) is 34.5. The van der Waals surface area contributed by atoms with Crippen LogP contribution in [0.15, 0.2) is 12.3 Å². The van der Waals surface area contributed by atoms with Crippen LogP contribution < -0.4 is 4.90 Å². The molecule has 2 saturated heterocycles. The normalized spacial score (nSPS) is 19.2. The number of aromatic nitrogens is 2. The van der Waals surface area contributed by atoms with Crippen molar-refractivity contribution < 1.29 is 19.4 Å². The Morgan fingerprint density at radius 3 is 2.52 bits per heavy atom. The predicted molar refractivity (Wildman–Crippen MR) is 72.1 cm³/mol. The van der Waals surface area contributed by atoms with E-state index in [-0.39, 0.29) is 17.6 Å². The van der Waals surface area contributed by atoms with Gasteiger partial charge in [-0.3, -0.25) is 4.79 Å². The van der Waals surface area contributed by atoms with Crippen molar-refractivity contribution in [2.24, 2.45) is 5.92 Å². The molecule has 1 N–H and O–H groups in total. The minimum atomic E-state index is -1.14. The van der Waals surface area contributed by atoms with Gasteiger partial charge >= 0.3 is 5.97 Å². The summed E-state index contributed by atoms with van der Waals surface area (Å²) in [6.07, 6.45) is 1.44. The minimum Gasteiger partial charge on any atom is -0.475 e. The van der Waals surface area contributed by atoms with E-state index in [1.54, 1.807) is 6.07 Å². The molecule has 0 unspecified atom stereocenters. The van der Waals surface area contributed by atoms with Crippen molar-refractivity contribution in [3.63, 3.8) is 0 Å². The highest BCUT2D eigenvalue weighted by Crippen LogP contribution is 2.17. The fraction of sp³-hybridized carbons (Fsp3) is 0.538. The highest BCUT2D eigenvalue weighted by molar-refractivity contribution is 5.83. The zero-order valence-electron chi connectivity index (χ0n) is 11.4. The molecule has 3 rings (SSSR count). The zero-order valence-corrected chi connectivity index (χ0v) is 11.4. The van der Waals surface area contributed by atoms with Crippen molar-refractivity contribution in [3.8, 4) is 0 Å². The molecule has 0 bridgehead atoms. The smallest absolute Gasteiger partial charge is 0.374 e. The third-order valence-corrected chi connectivity index (χ3v) is 3.73. The molecule has 0 atom stereocenters. The SMILES string of the molecule is O=C(O)c1nccc(N2CCN(C(=O)C3COC3)CC2)n1. The van der Waals surface area contributed by atoms with Crippen molar-refractivity contribution in [1.82, 2.24) is 14.9 Å². The second kappa shape index (κ2) is 5.65. The van der Waals surface area contributed by atoms with Gasteiger partial charge in [0.25, 0.3) is 0 Å². The molecule has 0 radical (unpaired) electrons. The molecule has 1 aromatic heterocycles. The van der Waals surface area contributed by atoms with E-state index in [1.807, 2.05) is 9.80 Å². The lowest BCUT2D eigenvalue weighted by Gasteiger charge is -2.38. The van der Waals surface area contributed by atoms with E-state index in [2.05, 4.69) is 9.97 Å². The highest BCUT2D eigenvalue weighted by atomic mass is 16.5. The Labute approximate surface area is 121 Å². The summed E-state index contributed by atoms with van der Waals surface area (Å²) in [6.45, 7) is 3.54. The molecular weight excluding hydrogens is 276 g/mol. The number of anilines is 1. The Kier molecular flexibility index (Phi) is 3.70. The van der Waals surface area contributed by atoms with Crippen LogP contribution in [0.3, 0.4) is 0 Å². The van der Waals surface area contributed by atoms with Gasteiger partial charge in [0.15, 0.2) is 0 Å². The summed E-state index contributed by atoms with van der Waals surface area (Å²) in [5.41, 5.74) is 0. The van der Waals surface area contributed by atoms with Crippen molar-refractivity contribution in [1.29, 1.82) is 0 Å². The molecule has 2 aliphatic heterocycles. The maximum atomic E-state index is 12.1. The van der Waals surface area contributed by atoms with Gasteiger partial charge < -0.3 is 19.6 Å². The number of ether oxygens (including phenoxy) is 1. The van der Waals surface area contributed by atoms with Crippen LogP contribution in [0.25, 0.3) is 0 Å². The number of carboxylic acid groups (broad SMARTS) is 1. The van der Waals surface area contributed by atoms with Crippen molar-refractivity contribution in [2.75, 3.05) is 44.3 Å². The number of carbonyl (C=O) groups is 2. The fourth-order valence-electron chi connectivity index (χ4n) is 2.42. The van der Waals surface area contributed by atoms with E-state index in [0.717, 1.165) is 0 Å². The standard InChI is InChI=1S/C13H16N4O4/c18-12(9-7-21-8-9)17-5-3-16(4-6-17)10-1-2-14-11(15-10)13(19)20/h1-2,9H,3-8H2,(H,19,20). The lowest BCUT2D eigenvalue weighted by atomic mass is 10.1. The van der Waals surface area contributed by atoms with Crippen molar-refractivity contribution in [2.45, 2.75) is 0 Å². The molecule has 0 saturated carbocycles. The lowest BCUT2D eigenvalue weighted by molar-refractivity contribution is -0.150. The third kappa shape index (κ3) is 2.80. The summed E-state index contributed by atoms with van der Waals surface area (Å²) in [5.74, 6) is -0.612. The molecule has 0 aliphatic carbocycles. The highest BCUT2D eigenvalue weighted by Gasteiger charge is 2.32. The number of carboxylic acids is 1. The second-order valence-electron chi connectivity index (χ2n) is 5.09. The van der Waals surface area contributed by atoms with Crippen LogP contribution in [0, 0.1) is 5.92 Å². The van der Waals surface area contributed by atoms with E-state index in [4.69, 9.17) is 9.84 Å². The number of nitrogens with zero attached hydrogens (tertiary/aromatic N) is 4. The predicted octanol–water partition coefficient (Wildman–Crippen LogP) is -0.530. The van der Waals surface area contributed by atoms with Crippen LogP contribution >= 0.6 is 0 Å². The molecule has 8 heteroatoms. The third-order valence-electron chi connectivity index (χ3n) is 3.73. The maximum absolute atomic E-state index is 12.1. The van der Waals surface area contributed by atoms with Gasteiger partial charge in [0, 0.05) is 32.4 Å². The Bertz CT molecular complexity index is 553. The number of amides is 1. The quantitative estimate of drug-likeness (QED) is 0.800. The Balaban J connectivity index is 1.61. The first kappa shape index (κ1) is 13.7. The topological polar surface area (TPSA) is 95.9 Å². The van der Waals surface area contributed by atoms with Gasteiger partial charge in [0.2, 0.25) is 11.7 Å². The van der Waals surface area contributed by atoms with Crippen LogP contribution in [-0.2, 0) is 9.53 Å². The average molecular weight is 292 g/mol. The molecule has 21 heavy (non-hydrogen) atoms.